The van der Waals surface area contributed by atoms with E-state index in [9.17, 15) is 0 Å². The Morgan fingerprint density at radius 3 is 2.67 bits per heavy atom. The van der Waals surface area contributed by atoms with E-state index in [1.54, 1.807) is 12.7 Å². The second-order valence-electron chi connectivity index (χ2n) is 6.97. The van der Waals surface area contributed by atoms with E-state index in [0.717, 1.165) is 12.2 Å². The molecule has 2 atom stereocenters. The van der Waals surface area contributed by atoms with Crippen molar-refractivity contribution in [2.24, 2.45) is 11.8 Å². The maximum atomic E-state index is 5.43. The minimum absolute atomic E-state index is 0.672. The summed E-state index contributed by atoms with van der Waals surface area (Å²) in [4.78, 5) is 0. The predicted octanol–water partition coefficient (Wildman–Crippen LogP) is 5.68. The number of rotatable bonds is 3. The van der Waals surface area contributed by atoms with Crippen LogP contribution in [0.3, 0.4) is 0 Å². The van der Waals surface area contributed by atoms with Crippen molar-refractivity contribution in [2.75, 3.05) is 7.11 Å². The molecule has 2 aliphatic carbocycles. The van der Waals surface area contributed by atoms with Crippen molar-refractivity contribution in [3.05, 3.63) is 77.9 Å². The number of hydrogen-bond donors (Lipinski definition) is 0. The second kappa shape index (κ2) is 5.24. The molecule has 2 bridgehead atoms. The molecule has 0 N–H and O–H groups in total. The topological polar surface area (TPSA) is 9.23 Å². The van der Waals surface area contributed by atoms with Crippen LogP contribution in [-0.2, 0) is 6.42 Å². The van der Waals surface area contributed by atoms with Crippen LogP contribution < -0.4 is 4.74 Å². The summed E-state index contributed by atoms with van der Waals surface area (Å²) in [6.07, 6.45) is 9.59. The van der Waals surface area contributed by atoms with Crippen molar-refractivity contribution in [1.82, 2.24) is 0 Å². The van der Waals surface area contributed by atoms with Crippen LogP contribution in [0.1, 0.15) is 12.0 Å². The Balaban J connectivity index is 1.65. The molecule has 3 aromatic rings. The molecule has 0 amide bonds. The van der Waals surface area contributed by atoms with Crippen molar-refractivity contribution < 1.29 is 4.74 Å². The first-order valence-corrected chi connectivity index (χ1v) is 8.69. The number of allylic oxidation sites excluding steroid dienone is 4. The van der Waals surface area contributed by atoms with Crippen LogP contribution in [0.25, 0.3) is 21.5 Å². The summed E-state index contributed by atoms with van der Waals surface area (Å²) in [7, 11) is 1.73. The third-order valence-corrected chi connectivity index (χ3v) is 5.59. The first kappa shape index (κ1) is 13.9. The molecule has 0 heterocycles. The molecular weight excluding hydrogens is 292 g/mol. The molecule has 0 radical (unpaired) electrons. The third-order valence-electron chi connectivity index (χ3n) is 5.59. The third kappa shape index (κ3) is 2.08. The molecule has 0 saturated heterocycles. The van der Waals surface area contributed by atoms with Gasteiger partial charge in [0.1, 0.15) is 5.75 Å². The second-order valence-corrected chi connectivity index (χ2v) is 6.97. The fraction of sp³-hybridized carbons (Fsp3) is 0.217. The Labute approximate surface area is 142 Å². The zero-order valence-corrected chi connectivity index (χ0v) is 13.8. The standard InChI is InChI=1S/C23H20O/c1-24-20-9-7-16-8-10-21-18(3-2-4-22(21)23(16)14-20)13-19-12-15-5-6-17(19)11-15/h2-10,12,14-15,17H,11,13H2,1H3. The maximum absolute atomic E-state index is 5.43. The Bertz CT molecular complexity index is 1010. The number of fused-ring (bicyclic) bond motifs is 5. The molecule has 24 heavy (non-hydrogen) atoms. The van der Waals surface area contributed by atoms with Gasteiger partial charge in [0.25, 0.3) is 0 Å². The summed E-state index contributed by atoms with van der Waals surface area (Å²) in [6.45, 7) is 0. The average Bonchev–Trinajstić information content (AvgIpc) is 3.24. The van der Waals surface area contributed by atoms with Crippen LogP contribution in [0, 0.1) is 11.8 Å². The van der Waals surface area contributed by atoms with E-state index in [-0.39, 0.29) is 0 Å². The number of ether oxygens (including phenoxy) is 1. The van der Waals surface area contributed by atoms with Gasteiger partial charge in [-0.3, -0.25) is 0 Å². The van der Waals surface area contributed by atoms with Crippen LogP contribution in [0.15, 0.2) is 72.3 Å². The monoisotopic (exact) mass is 312 g/mol. The van der Waals surface area contributed by atoms with Gasteiger partial charge in [-0.25, -0.2) is 0 Å². The highest BCUT2D eigenvalue weighted by atomic mass is 16.5. The van der Waals surface area contributed by atoms with Gasteiger partial charge in [0, 0.05) is 0 Å². The van der Waals surface area contributed by atoms with Gasteiger partial charge in [-0.05, 0) is 63.9 Å². The van der Waals surface area contributed by atoms with Gasteiger partial charge in [0.2, 0.25) is 0 Å². The molecular formula is C23H20O. The van der Waals surface area contributed by atoms with E-state index >= 15 is 0 Å². The van der Waals surface area contributed by atoms with Crippen molar-refractivity contribution in [1.29, 1.82) is 0 Å². The molecule has 1 nitrogen and oxygen atoms in total. The van der Waals surface area contributed by atoms with Gasteiger partial charge in [0.15, 0.2) is 0 Å². The number of benzene rings is 3. The zero-order valence-electron chi connectivity index (χ0n) is 13.8. The van der Waals surface area contributed by atoms with Crippen LogP contribution in [0.4, 0.5) is 0 Å². The SMILES string of the molecule is COc1ccc2ccc3c(CC4=CC5C=CC4C5)cccc3c2c1. The molecule has 0 aromatic heterocycles. The quantitative estimate of drug-likeness (QED) is 0.447. The van der Waals surface area contributed by atoms with Crippen molar-refractivity contribution in [2.45, 2.75) is 12.8 Å². The molecule has 1 heteroatoms. The Morgan fingerprint density at radius 2 is 1.88 bits per heavy atom. The van der Waals surface area contributed by atoms with E-state index in [1.165, 1.54) is 33.5 Å². The lowest BCUT2D eigenvalue weighted by Crippen LogP contribution is -1.99. The summed E-state index contributed by atoms with van der Waals surface area (Å²) in [6, 6.07) is 17.6. The summed E-state index contributed by atoms with van der Waals surface area (Å²) >= 11 is 0. The molecule has 2 aliphatic rings. The van der Waals surface area contributed by atoms with Gasteiger partial charge < -0.3 is 4.74 Å². The summed E-state index contributed by atoms with van der Waals surface area (Å²) in [5.41, 5.74) is 3.03. The molecule has 5 rings (SSSR count). The lowest BCUT2D eigenvalue weighted by molar-refractivity contribution is 0.415. The van der Waals surface area contributed by atoms with E-state index in [1.807, 2.05) is 6.07 Å². The van der Waals surface area contributed by atoms with Gasteiger partial charge in [-0.2, -0.15) is 0 Å². The minimum Gasteiger partial charge on any atom is -0.497 e. The molecule has 0 saturated carbocycles. The van der Waals surface area contributed by atoms with E-state index in [4.69, 9.17) is 4.74 Å². The molecule has 0 fully saturated rings. The fourth-order valence-electron chi connectivity index (χ4n) is 4.35. The number of methoxy groups -OCH3 is 1. The van der Waals surface area contributed by atoms with E-state index in [0.29, 0.717) is 11.8 Å². The smallest absolute Gasteiger partial charge is 0.119 e. The van der Waals surface area contributed by atoms with Gasteiger partial charge in [-0.15, -0.1) is 0 Å². The van der Waals surface area contributed by atoms with Gasteiger partial charge in [0.05, 0.1) is 7.11 Å². The molecule has 0 aliphatic heterocycles. The largest absolute Gasteiger partial charge is 0.497 e. The van der Waals surface area contributed by atoms with Crippen molar-refractivity contribution in [3.63, 3.8) is 0 Å². The Morgan fingerprint density at radius 1 is 0.958 bits per heavy atom. The first-order chi connectivity index (χ1) is 11.8. The lowest BCUT2D eigenvalue weighted by Gasteiger charge is -2.14. The van der Waals surface area contributed by atoms with Gasteiger partial charge >= 0.3 is 0 Å². The average molecular weight is 312 g/mol. The summed E-state index contributed by atoms with van der Waals surface area (Å²) in [5.74, 6) is 2.28. The van der Waals surface area contributed by atoms with Crippen LogP contribution in [0.5, 0.6) is 5.75 Å². The van der Waals surface area contributed by atoms with Crippen LogP contribution in [-0.4, -0.2) is 7.11 Å². The van der Waals surface area contributed by atoms with E-state index in [2.05, 4.69) is 60.7 Å². The lowest BCUT2D eigenvalue weighted by atomic mass is 9.91. The number of hydrogen-bond acceptors (Lipinski definition) is 1. The maximum Gasteiger partial charge on any atom is 0.119 e. The van der Waals surface area contributed by atoms with E-state index < -0.39 is 0 Å². The van der Waals surface area contributed by atoms with Crippen LogP contribution >= 0.6 is 0 Å². The highest BCUT2D eigenvalue weighted by Crippen LogP contribution is 2.40. The van der Waals surface area contributed by atoms with Crippen molar-refractivity contribution >= 4 is 21.5 Å². The fourth-order valence-corrected chi connectivity index (χ4v) is 4.35. The predicted molar refractivity (Wildman–Crippen MR) is 101 cm³/mol. The first-order valence-electron chi connectivity index (χ1n) is 8.69. The van der Waals surface area contributed by atoms with Crippen molar-refractivity contribution in [3.8, 4) is 5.75 Å². The van der Waals surface area contributed by atoms with Crippen LogP contribution in [0.2, 0.25) is 0 Å². The molecule has 3 aromatic carbocycles. The highest BCUT2D eigenvalue weighted by molar-refractivity contribution is 6.09. The Hall–Kier alpha value is -2.54. The molecule has 118 valence electrons. The molecule has 0 spiro atoms. The minimum atomic E-state index is 0.672. The highest BCUT2D eigenvalue weighted by Gasteiger charge is 2.27. The van der Waals surface area contributed by atoms with Gasteiger partial charge in [-0.1, -0.05) is 60.2 Å². The normalized spacial score (nSPS) is 21.6. The summed E-state index contributed by atoms with van der Waals surface area (Å²) < 4.78 is 5.43. The Kier molecular flexibility index (Phi) is 3.02. The zero-order chi connectivity index (χ0) is 16.1. The summed E-state index contributed by atoms with van der Waals surface area (Å²) in [5, 5.41) is 5.23. The molecule has 2 unspecified atom stereocenters.